The van der Waals surface area contributed by atoms with Gasteiger partial charge in [0.25, 0.3) is 0 Å². The highest BCUT2D eigenvalue weighted by molar-refractivity contribution is 4.90. The van der Waals surface area contributed by atoms with E-state index in [1.165, 1.54) is 0 Å². The zero-order chi connectivity index (χ0) is 13.4. The van der Waals surface area contributed by atoms with Crippen molar-refractivity contribution in [3.8, 4) is 12.1 Å². The Morgan fingerprint density at radius 2 is 1.28 bits per heavy atom. The molecule has 0 unspecified atom stereocenters. The van der Waals surface area contributed by atoms with Gasteiger partial charge in [-0.05, 0) is 12.8 Å². The van der Waals surface area contributed by atoms with Gasteiger partial charge in [-0.15, -0.1) is 0 Å². The monoisotopic (exact) mass is 248 g/mol. The van der Waals surface area contributed by atoms with Gasteiger partial charge in [0.05, 0.1) is 12.1 Å². The molecule has 1 aliphatic rings. The van der Waals surface area contributed by atoms with Crippen LogP contribution >= 0.6 is 0 Å². The van der Waals surface area contributed by atoms with E-state index in [1.807, 2.05) is 0 Å². The van der Waals surface area contributed by atoms with Crippen molar-refractivity contribution in [2.24, 2.45) is 0 Å². The Hall–Kier alpha value is -1.10. The van der Waals surface area contributed by atoms with Crippen LogP contribution in [0, 0.1) is 22.7 Å². The van der Waals surface area contributed by atoms with Crippen molar-refractivity contribution in [2.45, 2.75) is 51.6 Å². The maximum Gasteiger partial charge on any atom is 0.0635 e. The molecule has 0 saturated carbocycles. The van der Waals surface area contributed by atoms with Crippen molar-refractivity contribution in [1.29, 1.82) is 10.5 Å². The van der Waals surface area contributed by atoms with E-state index in [4.69, 9.17) is 10.5 Å². The number of hydrogen-bond acceptors (Lipinski definition) is 4. The predicted octanol–water partition coefficient (Wildman–Crippen LogP) is 1.99. The topological polar surface area (TPSA) is 54.1 Å². The molecule has 2 atom stereocenters. The third-order valence-electron chi connectivity index (χ3n) is 3.89. The van der Waals surface area contributed by atoms with Gasteiger partial charge in [0.1, 0.15) is 0 Å². The molecule has 1 heterocycles. The summed E-state index contributed by atoms with van der Waals surface area (Å²) < 4.78 is 0. The highest BCUT2D eigenvalue weighted by Gasteiger charge is 2.31. The second-order valence-corrected chi connectivity index (χ2v) is 4.93. The zero-order valence-electron chi connectivity index (χ0n) is 11.6. The molecule has 0 aromatic heterocycles. The van der Waals surface area contributed by atoms with E-state index in [-0.39, 0.29) is 0 Å². The summed E-state index contributed by atoms with van der Waals surface area (Å²) >= 11 is 0. The lowest BCUT2D eigenvalue weighted by atomic mass is 10.0. The fourth-order valence-corrected chi connectivity index (χ4v) is 2.78. The van der Waals surface area contributed by atoms with Gasteiger partial charge in [-0.3, -0.25) is 9.80 Å². The summed E-state index contributed by atoms with van der Waals surface area (Å²) in [5.41, 5.74) is 0. The molecule has 0 N–H and O–H groups in total. The molecule has 0 radical (unpaired) electrons. The average molecular weight is 248 g/mol. The lowest BCUT2D eigenvalue weighted by Gasteiger charge is -2.46. The van der Waals surface area contributed by atoms with Crippen LogP contribution in [0.2, 0.25) is 0 Å². The summed E-state index contributed by atoms with van der Waals surface area (Å²) in [5.74, 6) is 0. The van der Waals surface area contributed by atoms with Crippen LogP contribution in [0.5, 0.6) is 0 Å². The van der Waals surface area contributed by atoms with E-state index in [2.05, 4.69) is 35.8 Å². The van der Waals surface area contributed by atoms with E-state index in [9.17, 15) is 0 Å². The molecule has 1 rings (SSSR count). The number of hydrogen-bond donors (Lipinski definition) is 0. The zero-order valence-corrected chi connectivity index (χ0v) is 11.6. The van der Waals surface area contributed by atoms with E-state index < -0.39 is 0 Å². The first kappa shape index (κ1) is 15.0. The number of piperazine rings is 1. The second kappa shape index (κ2) is 8.08. The highest BCUT2D eigenvalue weighted by atomic mass is 15.3. The first-order valence-corrected chi connectivity index (χ1v) is 6.98. The predicted molar refractivity (Wildman–Crippen MR) is 71.8 cm³/mol. The molecule has 1 fully saturated rings. The van der Waals surface area contributed by atoms with E-state index in [0.29, 0.717) is 24.9 Å². The van der Waals surface area contributed by atoms with Crippen LogP contribution in [0.25, 0.3) is 0 Å². The molecule has 1 saturated heterocycles. The van der Waals surface area contributed by atoms with Crippen LogP contribution in [0.1, 0.15) is 39.5 Å². The molecule has 0 spiro atoms. The number of nitrogens with zero attached hydrogens (tertiary/aromatic N) is 4. The summed E-state index contributed by atoms with van der Waals surface area (Å²) in [7, 11) is 0. The van der Waals surface area contributed by atoms with Gasteiger partial charge in [0.15, 0.2) is 0 Å². The van der Waals surface area contributed by atoms with Crippen molar-refractivity contribution in [3.63, 3.8) is 0 Å². The molecule has 4 nitrogen and oxygen atoms in total. The molecule has 0 amide bonds. The summed E-state index contributed by atoms with van der Waals surface area (Å²) in [6, 6.07) is 5.56. The Bertz CT molecular complexity index is 283. The average Bonchev–Trinajstić information content (AvgIpc) is 2.42. The highest BCUT2D eigenvalue weighted by Crippen LogP contribution is 2.20. The molecule has 0 aliphatic carbocycles. The summed E-state index contributed by atoms with van der Waals surface area (Å²) in [6.07, 6.45) is 3.46. The molecule has 0 aromatic rings. The first-order valence-electron chi connectivity index (χ1n) is 6.98. The molecule has 1 aliphatic heterocycles. The SMILES string of the molecule is CC[C@@H]1CN(CCC#N)[C@@H](CC)CN1CCC#N. The smallest absolute Gasteiger partial charge is 0.0635 e. The minimum Gasteiger partial charge on any atom is -0.297 e. The minimum absolute atomic E-state index is 0.542. The van der Waals surface area contributed by atoms with Gasteiger partial charge < -0.3 is 0 Å². The molecule has 100 valence electrons. The quantitative estimate of drug-likeness (QED) is 0.721. The number of rotatable bonds is 6. The van der Waals surface area contributed by atoms with Gasteiger partial charge in [0, 0.05) is 51.1 Å². The van der Waals surface area contributed by atoms with Gasteiger partial charge in [0.2, 0.25) is 0 Å². The van der Waals surface area contributed by atoms with Crippen molar-refractivity contribution < 1.29 is 0 Å². The van der Waals surface area contributed by atoms with E-state index in [0.717, 1.165) is 39.0 Å². The molecular weight excluding hydrogens is 224 g/mol. The molecule has 18 heavy (non-hydrogen) atoms. The van der Waals surface area contributed by atoms with Gasteiger partial charge in [-0.1, -0.05) is 13.8 Å². The summed E-state index contributed by atoms with van der Waals surface area (Å²) in [6.45, 7) is 8.27. The Labute approximate surface area is 111 Å². The van der Waals surface area contributed by atoms with Crippen LogP contribution < -0.4 is 0 Å². The fourth-order valence-electron chi connectivity index (χ4n) is 2.78. The van der Waals surface area contributed by atoms with Gasteiger partial charge in [-0.25, -0.2) is 0 Å². The van der Waals surface area contributed by atoms with Crippen LogP contribution in [-0.2, 0) is 0 Å². The Morgan fingerprint density at radius 1 is 0.889 bits per heavy atom. The Balaban J connectivity index is 2.61. The molecule has 0 bridgehead atoms. The van der Waals surface area contributed by atoms with Crippen LogP contribution in [-0.4, -0.2) is 48.1 Å². The van der Waals surface area contributed by atoms with Crippen LogP contribution in [0.15, 0.2) is 0 Å². The van der Waals surface area contributed by atoms with Crippen LogP contribution in [0.3, 0.4) is 0 Å². The van der Waals surface area contributed by atoms with Crippen LogP contribution in [0.4, 0.5) is 0 Å². The lowest BCUT2D eigenvalue weighted by molar-refractivity contribution is 0.0273. The van der Waals surface area contributed by atoms with Crippen molar-refractivity contribution >= 4 is 0 Å². The Morgan fingerprint density at radius 3 is 1.56 bits per heavy atom. The van der Waals surface area contributed by atoms with E-state index in [1.54, 1.807) is 0 Å². The normalized spacial score (nSPS) is 25.6. The lowest BCUT2D eigenvalue weighted by Crippen LogP contribution is -2.58. The number of nitriles is 2. The fraction of sp³-hybridized carbons (Fsp3) is 0.857. The molecular formula is C14H24N4. The third kappa shape index (κ3) is 3.98. The van der Waals surface area contributed by atoms with Gasteiger partial charge in [-0.2, -0.15) is 10.5 Å². The summed E-state index contributed by atoms with van der Waals surface area (Å²) in [4.78, 5) is 4.92. The van der Waals surface area contributed by atoms with Gasteiger partial charge >= 0.3 is 0 Å². The standard InChI is InChI=1S/C14H24N4/c1-3-13-11-18(10-6-8-16)14(4-2)12-17(13)9-5-7-15/h13-14H,3-6,9-12H2,1-2H3/t13-,14+. The second-order valence-electron chi connectivity index (χ2n) is 4.93. The third-order valence-corrected chi connectivity index (χ3v) is 3.89. The van der Waals surface area contributed by atoms with Crippen molar-refractivity contribution in [2.75, 3.05) is 26.2 Å². The maximum atomic E-state index is 8.72. The largest absolute Gasteiger partial charge is 0.297 e. The summed E-state index contributed by atoms with van der Waals surface area (Å²) in [5, 5.41) is 17.4. The van der Waals surface area contributed by atoms with Crippen molar-refractivity contribution in [1.82, 2.24) is 9.80 Å². The van der Waals surface area contributed by atoms with Crippen molar-refractivity contribution in [3.05, 3.63) is 0 Å². The first-order chi connectivity index (χ1) is 8.76. The maximum absolute atomic E-state index is 8.72. The Kier molecular flexibility index (Phi) is 6.72. The molecule has 0 aromatic carbocycles. The minimum atomic E-state index is 0.542. The molecule has 4 heteroatoms. The van der Waals surface area contributed by atoms with E-state index >= 15 is 0 Å².